The molecule has 2 aromatic rings. The summed E-state index contributed by atoms with van der Waals surface area (Å²) in [5.41, 5.74) is 4.25. The van der Waals surface area contributed by atoms with Crippen LogP contribution < -0.4 is 10.2 Å². The molecule has 3 rings (SSSR count). The van der Waals surface area contributed by atoms with Crippen molar-refractivity contribution < 1.29 is 19.1 Å². The number of nitrogens with zero attached hydrogens (tertiary/aromatic N) is 2. The van der Waals surface area contributed by atoms with Crippen LogP contribution in [-0.2, 0) is 32.0 Å². The molecule has 0 radical (unpaired) electrons. The van der Waals surface area contributed by atoms with Crippen molar-refractivity contribution in [2.75, 3.05) is 24.3 Å². The van der Waals surface area contributed by atoms with Crippen LogP contribution in [0.2, 0.25) is 0 Å². The van der Waals surface area contributed by atoms with Gasteiger partial charge in [-0.15, -0.1) is 0 Å². The van der Waals surface area contributed by atoms with Gasteiger partial charge in [-0.05, 0) is 60.6 Å². The van der Waals surface area contributed by atoms with Crippen molar-refractivity contribution >= 4 is 23.3 Å². The minimum atomic E-state index is -1.32. The number of benzene rings is 2. The second-order valence-corrected chi connectivity index (χ2v) is 13.0. The largest absolute Gasteiger partial charge is 0.419 e. The Hall–Kier alpha value is -3.48. The molecule has 1 N–H and O–H groups in total. The Balaban J connectivity index is 2.08. The average molecular weight is 564 g/mol. The van der Waals surface area contributed by atoms with E-state index in [4.69, 9.17) is 9.47 Å². The Bertz CT molecular complexity index is 1190. The number of anilines is 2. The highest BCUT2D eigenvalue weighted by Crippen LogP contribution is 2.31. The molecule has 1 atom stereocenters. The highest BCUT2D eigenvalue weighted by molar-refractivity contribution is 6.16. The van der Waals surface area contributed by atoms with Gasteiger partial charge >= 0.3 is 11.9 Å². The molecule has 41 heavy (non-hydrogen) atoms. The number of carbonyl (C=O) groups excluding carboxylic acids is 2. The molecule has 224 valence electrons. The third-order valence-electron chi connectivity index (χ3n) is 7.12. The van der Waals surface area contributed by atoms with E-state index in [0.717, 1.165) is 49.0 Å². The van der Waals surface area contributed by atoms with Gasteiger partial charge in [0.1, 0.15) is 5.82 Å². The molecule has 7 heteroatoms. The summed E-state index contributed by atoms with van der Waals surface area (Å²) in [6.07, 6.45) is 5.16. The maximum absolute atomic E-state index is 13.4. The molecule has 1 heterocycles. The Labute approximate surface area is 246 Å². The first-order valence-electron chi connectivity index (χ1n) is 14.8. The van der Waals surface area contributed by atoms with Crippen molar-refractivity contribution in [3.63, 3.8) is 0 Å². The summed E-state index contributed by atoms with van der Waals surface area (Å²) in [7, 11) is 3.97. The van der Waals surface area contributed by atoms with Crippen LogP contribution in [0.25, 0.3) is 0 Å². The van der Waals surface area contributed by atoms with Crippen molar-refractivity contribution in [2.45, 2.75) is 98.9 Å². The van der Waals surface area contributed by atoms with E-state index in [1.165, 1.54) is 5.56 Å². The maximum atomic E-state index is 13.4. The Morgan fingerprint density at radius 3 is 1.98 bits per heavy atom. The number of hydrogen-bond acceptors (Lipinski definition) is 7. The third-order valence-corrected chi connectivity index (χ3v) is 7.12. The standard InChI is InChI=1S/C34H49N3O4/c1-10-11-12-13-24(2)37(23-26-16-14-25(15-17-26)22-33(3,4)5)30(29-31(38)40-34(6,7)41-32(29)39)35-27-18-20-28(21-19-27)36(8)9/h14-21,24,35H,10-13,22-23H2,1-9H3. The van der Waals surface area contributed by atoms with Gasteiger partial charge in [0.15, 0.2) is 5.57 Å². The zero-order valence-electron chi connectivity index (χ0n) is 26.5. The van der Waals surface area contributed by atoms with Gasteiger partial charge in [0, 0.05) is 51.9 Å². The van der Waals surface area contributed by atoms with Gasteiger partial charge in [-0.25, -0.2) is 9.59 Å². The number of cyclic esters (lactones) is 2. The van der Waals surface area contributed by atoms with E-state index in [2.05, 4.69) is 69.1 Å². The van der Waals surface area contributed by atoms with Crippen LogP contribution in [0, 0.1) is 5.41 Å². The normalized spacial score (nSPS) is 15.6. The zero-order chi connectivity index (χ0) is 30.4. The first-order valence-corrected chi connectivity index (χ1v) is 14.8. The molecule has 0 amide bonds. The number of carbonyl (C=O) groups is 2. The quantitative estimate of drug-likeness (QED) is 0.126. The smallest absolute Gasteiger partial charge is 0.352 e. The predicted octanol–water partition coefficient (Wildman–Crippen LogP) is 7.27. The molecule has 0 aromatic heterocycles. The van der Waals surface area contributed by atoms with Gasteiger partial charge in [0.25, 0.3) is 5.79 Å². The van der Waals surface area contributed by atoms with Crippen LogP contribution in [0.5, 0.6) is 0 Å². The summed E-state index contributed by atoms with van der Waals surface area (Å²) in [6.45, 7) is 14.7. The van der Waals surface area contributed by atoms with Crippen molar-refractivity contribution in [1.82, 2.24) is 4.90 Å². The summed E-state index contributed by atoms with van der Waals surface area (Å²) < 4.78 is 11.1. The molecule has 2 aromatic carbocycles. The Morgan fingerprint density at radius 2 is 1.46 bits per heavy atom. The van der Waals surface area contributed by atoms with Crippen LogP contribution in [0.1, 0.15) is 85.3 Å². The number of rotatable bonds is 12. The molecule has 1 fully saturated rings. The zero-order valence-corrected chi connectivity index (χ0v) is 26.5. The molecule has 0 bridgehead atoms. The maximum Gasteiger partial charge on any atom is 0.352 e. The predicted molar refractivity (Wildman–Crippen MR) is 166 cm³/mol. The monoisotopic (exact) mass is 563 g/mol. The first-order chi connectivity index (χ1) is 19.2. The fourth-order valence-electron chi connectivity index (χ4n) is 4.98. The SMILES string of the molecule is CCCCCC(C)N(Cc1ccc(CC(C)(C)C)cc1)C(Nc1ccc(N(C)C)cc1)=C1C(=O)OC(C)(C)OC1=O. The molecule has 1 unspecified atom stereocenters. The number of esters is 2. The third kappa shape index (κ3) is 9.27. The van der Waals surface area contributed by atoms with Crippen molar-refractivity contribution in [3.8, 4) is 0 Å². The second kappa shape index (κ2) is 13.5. The summed E-state index contributed by atoms with van der Waals surface area (Å²) in [6, 6.07) is 16.5. The van der Waals surface area contributed by atoms with E-state index in [0.29, 0.717) is 12.4 Å². The minimum Gasteiger partial charge on any atom is -0.419 e. The Kier molecular flexibility index (Phi) is 10.5. The molecule has 1 aliphatic rings. The fourth-order valence-corrected chi connectivity index (χ4v) is 4.98. The molecule has 1 saturated heterocycles. The van der Waals surface area contributed by atoms with Crippen molar-refractivity contribution in [3.05, 3.63) is 71.1 Å². The molecule has 0 aliphatic carbocycles. The van der Waals surface area contributed by atoms with Crippen molar-refractivity contribution in [1.29, 1.82) is 0 Å². The van der Waals surface area contributed by atoms with Crippen LogP contribution in [0.3, 0.4) is 0 Å². The van der Waals surface area contributed by atoms with Gasteiger partial charge in [-0.2, -0.15) is 0 Å². The van der Waals surface area contributed by atoms with E-state index in [9.17, 15) is 9.59 Å². The molecule has 7 nitrogen and oxygen atoms in total. The van der Waals surface area contributed by atoms with E-state index in [-0.39, 0.29) is 17.0 Å². The van der Waals surface area contributed by atoms with Gasteiger partial charge in [0.2, 0.25) is 0 Å². The lowest BCUT2D eigenvalue weighted by atomic mass is 9.88. The minimum absolute atomic E-state index is 0.0300. The topological polar surface area (TPSA) is 71.1 Å². The highest BCUT2D eigenvalue weighted by atomic mass is 16.7. The van der Waals surface area contributed by atoms with Gasteiger partial charge < -0.3 is 24.6 Å². The average Bonchev–Trinajstić information content (AvgIpc) is 2.86. The lowest BCUT2D eigenvalue weighted by Crippen LogP contribution is -2.45. The van der Waals surface area contributed by atoms with E-state index < -0.39 is 17.7 Å². The number of ether oxygens (including phenoxy) is 2. The summed E-state index contributed by atoms with van der Waals surface area (Å²) in [5, 5.41) is 3.42. The molecule has 1 aliphatic heterocycles. The number of hydrogen-bond donors (Lipinski definition) is 1. The summed E-state index contributed by atoms with van der Waals surface area (Å²) in [5.74, 6) is -2.30. The second-order valence-electron chi connectivity index (χ2n) is 13.0. The van der Waals surface area contributed by atoms with Crippen LogP contribution in [-0.4, -0.2) is 42.8 Å². The van der Waals surface area contributed by atoms with Crippen LogP contribution in [0.4, 0.5) is 11.4 Å². The Morgan fingerprint density at radius 1 is 0.902 bits per heavy atom. The van der Waals surface area contributed by atoms with E-state index in [1.807, 2.05) is 43.3 Å². The van der Waals surface area contributed by atoms with E-state index >= 15 is 0 Å². The lowest BCUT2D eigenvalue weighted by molar-refractivity contribution is -0.222. The van der Waals surface area contributed by atoms with Crippen LogP contribution >= 0.6 is 0 Å². The molecule has 0 saturated carbocycles. The van der Waals surface area contributed by atoms with Gasteiger partial charge in [-0.1, -0.05) is 71.2 Å². The molecular weight excluding hydrogens is 514 g/mol. The number of unbranched alkanes of at least 4 members (excludes halogenated alkanes) is 2. The van der Waals surface area contributed by atoms with E-state index in [1.54, 1.807) is 13.8 Å². The van der Waals surface area contributed by atoms with Crippen LogP contribution in [0.15, 0.2) is 59.9 Å². The molecule has 0 spiro atoms. The summed E-state index contributed by atoms with van der Waals surface area (Å²) in [4.78, 5) is 30.9. The first kappa shape index (κ1) is 32.0. The van der Waals surface area contributed by atoms with Gasteiger partial charge in [-0.3, -0.25) is 0 Å². The lowest BCUT2D eigenvalue weighted by Gasteiger charge is -2.37. The highest BCUT2D eigenvalue weighted by Gasteiger charge is 2.42. The van der Waals surface area contributed by atoms with Gasteiger partial charge in [0.05, 0.1) is 0 Å². The van der Waals surface area contributed by atoms with Crippen molar-refractivity contribution in [2.24, 2.45) is 5.41 Å². The molecular formula is C34H49N3O4. The number of nitrogens with one attached hydrogen (secondary N) is 1. The fraction of sp³-hybridized carbons (Fsp3) is 0.529. The summed E-state index contributed by atoms with van der Waals surface area (Å²) >= 11 is 0.